The van der Waals surface area contributed by atoms with Crippen molar-refractivity contribution in [2.24, 2.45) is 4.99 Å². The van der Waals surface area contributed by atoms with E-state index >= 15 is 0 Å². The zero-order valence-corrected chi connectivity index (χ0v) is 17.3. The molecule has 0 radical (unpaired) electrons. The van der Waals surface area contributed by atoms with Crippen LogP contribution in [0.15, 0.2) is 10.4 Å². The maximum Gasteiger partial charge on any atom is 0.403 e. The van der Waals surface area contributed by atoms with Crippen LogP contribution in [0.1, 0.15) is 25.5 Å². The highest BCUT2D eigenvalue weighted by Crippen LogP contribution is 2.26. The first kappa shape index (κ1) is 21.2. The zero-order valence-electron chi connectivity index (χ0n) is 16.5. The topological polar surface area (TPSA) is 47.0 Å². The predicted molar refractivity (Wildman–Crippen MR) is 107 cm³/mol. The minimum absolute atomic E-state index is 0.382. The van der Waals surface area contributed by atoms with Crippen molar-refractivity contribution in [2.45, 2.75) is 38.4 Å². The Morgan fingerprint density at radius 1 is 1.21 bits per heavy atom. The SMILES string of the molecule is CN=C(NCCc1csc(N2CCCC2)n1)N1CCN(C(C)C(F)(F)F)CC1. The molecule has 0 aliphatic carbocycles. The van der Waals surface area contributed by atoms with Crippen LogP contribution in [0.2, 0.25) is 0 Å². The Hall–Kier alpha value is -1.55. The van der Waals surface area contributed by atoms with Crippen molar-refractivity contribution in [3.05, 3.63) is 11.1 Å². The molecule has 158 valence electrons. The van der Waals surface area contributed by atoms with Crippen molar-refractivity contribution in [1.29, 1.82) is 0 Å². The van der Waals surface area contributed by atoms with Crippen LogP contribution in [-0.2, 0) is 6.42 Å². The molecule has 0 bridgehead atoms. The lowest BCUT2D eigenvalue weighted by Gasteiger charge is -2.39. The molecule has 2 saturated heterocycles. The van der Waals surface area contributed by atoms with Gasteiger partial charge in [0, 0.05) is 64.7 Å². The van der Waals surface area contributed by atoms with Crippen molar-refractivity contribution in [3.8, 4) is 0 Å². The van der Waals surface area contributed by atoms with E-state index in [0.717, 1.165) is 36.3 Å². The third-order valence-electron chi connectivity index (χ3n) is 5.43. The Balaban J connectivity index is 1.43. The number of piperazine rings is 1. The first-order valence-electron chi connectivity index (χ1n) is 9.84. The minimum atomic E-state index is -4.18. The monoisotopic (exact) mass is 418 g/mol. The highest BCUT2D eigenvalue weighted by molar-refractivity contribution is 7.13. The maximum absolute atomic E-state index is 12.9. The second-order valence-electron chi connectivity index (χ2n) is 7.28. The summed E-state index contributed by atoms with van der Waals surface area (Å²) in [6, 6.07) is -1.40. The third kappa shape index (κ3) is 5.28. The molecule has 1 aromatic heterocycles. The third-order valence-corrected chi connectivity index (χ3v) is 6.38. The van der Waals surface area contributed by atoms with E-state index in [1.807, 2.05) is 4.90 Å². The Morgan fingerprint density at radius 3 is 2.50 bits per heavy atom. The summed E-state index contributed by atoms with van der Waals surface area (Å²) in [5.41, 5.74) is 1.07. The number of nitrogens with one attached hydrogen (secondary N) is 1. The fourth-order valence-corrected chi connectivity index (χ4v) is 4.54. The molecule has 3 rings (SSSR count). The van der Waals surface area contributed by atoms with Crippen LogP contribution in [0, 0.1) is 0 Å². The lowest BCUT2D eigenvalue weighted by molar-refractivity contribution is -0.181. The molecule has 1 atom stereocenters. The van der Waals surface area contributed by atoms with E-state index in [-0.39, 0.29) is 0 Å². The van der Waals surface area contributed by atoms with Crippen LogP contribution in [-0.4, -0.2) is 85.8 Å². The molecule has 2 fully saturated rings. The average Bonchev–Trinajstić information content (AvgIpc) is 3.36. The molecule has 2 aliphatic rings. The van der Waals surface area contributed by atoms with Gasteiger partial charge in [0.2, 0.25) is 0 Å². The van der Waals surface area contributed by atoms with Crippen molar-refractivity contribution in [3.63, 3.8) is 0 Å². The van der Waals surface area contributed by atoms with Crippen LogP contribution >= 0.6 is 11.3 Å². The number of aromatic nitrogens is 1. The van der Waals surface area contributed by atoms with Gasteiger partial charge in [0.15, 0.2) is 11.1 Å². The van der Waals surface area contributed by atoms with Crippen molar-refractivity contribution in [1.82, 2.24) is 20.1 Å². The summed E-state index contributed by atoms with van der Waals surface area (Å²) in [4.78, 5) is 14.9. The number of halogens is 3. The van der Waals surface area contributed by atoms with Gasteiger partial charge in [-0.25, -0.2) is 4.98 Å². The van der Waals surface area contributed by atoms with Crippen LogP contribution in [0.25, 0.3) is 0 Å². The highest BCUT2D eigenvalue weighted by Gasteiger charge is 2.41. The van der Waals surface area contributed by atoms with E-state index < -0.39 is 12.2 Å². The van der Waals surface area contributed by atoms with Gasteiger partial charge in [-0.05, 0) is 19.8 Å². The van der Waals surface area contributed by atoms with Gasteiger partial charge in [-0.15, -0.1) is 11.3 Å². The standard InChI is InChI=1S/C18H29F3N6S/c1-14(18(19,20)21)25-9-11-26(12-10-25)16(22-2)23-6-5-15-13-28-17(24-15)27-7-3-4-8-27/h13-14H,3-12H2,1-2H3,(H,22,23). The molecule has 2 aliphatic heterocycles. The summed E-state index contributed by atoms with van der Waals surface area (Å²) < 4.78 is 38.7. The summed E-state index contributed by atoms with van der Waals surface area (Å²) in [6.45, 7) is 5.96. The number of hydrogen-bond donors (Lipinski definition) is 1. The minimum Gasteiger partial charge on any atom is -0.356 e. The molecule has 0 saturated carbocycles. The number of hydrogen-bond acceptors (Lipinski definition) is 5. The van der Waals surface area contributed by atoms with E-state index in [0.29, 0.717) is 32.7 Å². The Bertz CT molecular complexity index is 648. The van der Waals surface area contributed by atoms with Crippen molar-refractivity contribution < 1.29 is 13.2 Å². The molecule has 1 N–H and O–H groups in total. The molecule has 0 amide bonds. The lowest BCUT2D eigenvalue weighted by atomic mass is 10.2. The molecule has 0 aromatic carbocycles. The molecular formula is C18H29F3N6S. The number of nitrogens with zero attached hydrogens (tertiary/aromatic N) is 5. The largest absolute Gasteiger partial charge is 0.403 e. The first-order chi connectivity index (χ1) is 13.4. The van der Waals surface area contributed by atoms with Gasteiger partial charge in [-0.3, -0.25) is 9.89 Å². The fraction of sp³-hybridized carbons (Fsp3) is 0.778. The van der Waals surface area contributed by atoms with Crippen molar-refractivity contribution in [2.75, 3.05) is 57.8 Å². The molecule has 6 nitrogen and oxygen atoms in total. The van der Waals surface area contributed by atoms with E-state index in [1.165, 1.54) is 24.7 Å². The summed E-state index contributed by atoms with van der Waals surface area (Å²) in [5.74, 6) is 0.745. The summed E-state index contributed by atoms with van der Waals surface area (Å²) in [5, 5.41) is 6.54. The Morgan fingerprint density at radius 2 is 1.89 bits per heavy atom. The quantitative estimate of drug-likeness (QED) is 0.588. The Labute approximate surface area is 168 Å². The second kappa shape index (κ2) is 9.30. The van der Waals surface area contributed by atoms with Gasteiger partial charge < -0.3 is 15.1 Å². The number of anilines is 1. The lowest BCUT2D eigenvalue weighted by Crippen LogP contribution is -2.56. The number of rotatable bonds is 5. The van der Waals surface area contributed by atoms with Crippen LogP contribution in [0.5, 0.6) is 0 Å². The maximum atomic E-state index is 12.9. The molecule has 1 unspecified atom stereocenters. The number of thiazole rings is 1. The molecule has 3 heterocycles. The second-order valence-corrected chi connectivity index (χ2v) is 8.12. The van der Waals surface area contributed by atoms with Crippen LogP contribution in [0.3, 0.4) is 0 Å². The van der Waals surface area contributed by atoms with Crippen molar-refractivity contribution >= 4 is 22.4 Å². The van der Waals surface area contributed by atoms with E-state index in [2.05, 4.69) is 20.6 Å². The number of alkyl halides is 3. The molecular weight excluding hydrogens is 389 g/mol. The zero-order chi connectivity index (χ0) is 20.1. The predicted octanol–water partition coefficient (Wildman–Crippen LogP) is 2.43. The molecule has 0 spiro atoms. The molecule has 10 heteroatoms. The van der Waals surface area contributed by atoms with E-state index in [9.17, 15) is 13.2 Å². The fourth-order valence-electron chi connectivity index (χ4n) is 3.63. The van der Waals surface area contributed by atoms with Crippen LogP contribution in [0.4, 0.5) is 18.3 Å². The van der Waals surface area contributed by atoms with Gasteiger partial charge in [0.25, 0.3) is 0 Å². The number of guanidine groups is 1. The Kier molecular flexibility index (Phi) is 7.03. The number of aliphatic imine (C=N–C) groups is 1. The van der Waals surface area contributed by atoms with Gasteiger partial charge in [-0.1, -0.05) is 0 Å². The molecule has 28 heavy (non-hydrogen) atoms. The first-order valence-corrected chi connectivity index (χ1v) is 10.7. The van der Waals surface area contributed by atoms with E-state index in [4.69, 9.17) is 4.98 Å². The van der Waals surface area contributed by atoms with Crippen LogP contribution < -0.4 is 10.2 Å². The summed E-state index contributed by atoms with van der Waals surface area (Å²) >= 11 is 1.69. The smallest absolute Gasteiger partial charge is 0.356 e. The van der Waals surface area contributed by atoms with Gasteiger partial charge in [-0.2, -0.15) is 13.2 Å². The average molecular weight is 419 g/mol. The van der Waals surface area contributed by atoms with Gasteiger partial charge in [0.1, 0.15) is 6.04 Å². The molecule has 1 aromatic rings. The van der Waals surface area contributed by atoms with E-state index in [1.54, 1.807) is 18.4 Å². The summed E-state index contributed by atoms with van der Waals surface area (Å²) in [6.07, 6.45) is -0.901. The van der Waals surface area contributed by atoms with Gasteiger partial charge >= 0.3 is 6.18 Å². The van der Waals surface area contributed by atoms with Gasteiger partial charge in [0.05, 0.1) is 5.69 Å². The summed E-state index contributed by atoms with van der Waals surface area (Å²) in [7, 11) is 1.71. The normalized spacial score (nSPS) is 20.7. The highest BCUT2D eigenvalue weighted by atomic mass is 32.1.